The van der Waals surface area contributed by atoms with E-state index in [1.54, 1.807) is 19.1 Å². The molecule has 0 saturated heterocycles. The van der Waals surface area contributed by atoms with Crippen molar-refractivity contribution >= 4 is 21.8 Å². The van der Waals surface area contributed by atoms with Crippen LogP contribution in [-0.2, 0) is 21.4 Å². The summed E-state index contributed by atoms with van der Waals surface area (Å²) in [7, 11) is -4.04. The van der Waals surface area contributed by atoms with Gasteiger partial charge in [0.25, 0.3) is 15.9 Å². The molecule has 0 fully saturated rings. The maximum Gasteiger partial charge on any atom is 0.269 e. The smallest absolute Gasteiger partial charge is 0.269 e. The van der Waals surface area contributed by atoms with Crippen molar-refractivity contribution in [1.29, 1.82) is 0 Å². The number of fused-ring (bicyclic) bond motifs is 1. The lowest BCUT2D eigenvalue weighted by Crippen LogP contribution is -2.42. The molecule has 0 aliphatic carbocycles. The Kier molecular flexibility index (Phi) is 4.78. The zero-order valence-corrected chi connectivity index (χ0v) is 14.9. The van der Waals surface area contributed by atoms with Gasteiger partial charge < -0.3 is 4.90 Å². The number of nitrogens with zero attached hydrogens (tertiary/aromatic N) is 2. The van der Waals surface area contributed by atoms with E-state index in [1.807, 2.05) is 0 Å². The fourth-order valence-corrected chi connectivity index (χ4v) is 4.36. The minimum absolute atomic E-state index is 0.0634. The normalized spacial score (nSPS) is 15.0. The molecule has 1 heterocycles. The van der Waals surface area contributed by atoms with Crippen molar-refractivity contribution in [2.24, 2.45) is 0 Å². The summed E-state index contributed by atoms with van der Waals surface area (Å²) < 4.78 is 39.0. The fraction of sp³-hybridized carbons (Fsp3) is 0.222. The topological polar surface area (TPSA) is 74.8 Å². The Hall–Kier alpha value is -2.74. The highest BCUT2D eigenvalue weighted by Gasteiger charge is 2.42. The lowest BCUT2D eigenvalue weighted by Gasteiger charge is -2.24. The van der Waals surface area contributed by atoms with Gasteiger partial charge in [-0.25, -0.2) is 17.1 Å². The Morgan fingerprint density at radius 3 is 2.54 bits per heavy atom. The first-order chi connectivity index (χ1) is 12.3. The first-order valence-corrected chi connectivity index (χ1v) is 9.47. The Bertz CT molecular complexity index is 975. The van der Waals surface area contributed by atoms with Crippen molar-refractivity contribution in [2.75, 3.05) is 13.1 Å². The first kappa shape index (κ1) is 18.1. The van der Waals surface area contributed by atoms with Gasteiger partial charge in [-0.15, -0.1) is 0 Å². The van der Waals surface area contributed by atoms with Gasteiger partial charge in [-0.05, 0) is 36.8 Å². The highest BCUT2D eigenvalue weighted by molar-refractivity contribution is 7.90. The summed E-state index contributed by atoms with van der Waals surface area (Å²) in [6, 6.07) is 11.7. The highest BCUT2D eigenvalue weighted by atomic mass is 32.2. The molecule has 0 radical (unpaired) electrons. The van der Waals surface area contributed by atoms with E-state index in [0.717, 1.165) is 0 Å². The molecule has 0 saturated carbocycles. The molecule has 26 heavy (non-hydrogen) atoms. The van der Waals surface area contributed by atoms with Gasteiger partial charge in [0.2, 0.25) is 5.91 Å². The zero-order chi connectivity index (χ0) is 18.9. The number of hydrogen-bond acceptors (Lipinski definition) is 4. The molecule has 0 aromatic heterocycles. The molecule has 2 amide bonds. The molecule has 8 heteroatoms. The molecule has 0 spiro atoms. The first-order valence-electron chi connectivity index (χ1n) is 8.03. The molecule has 2 aromatic rings. The van der Waals surface area contributed by atoms with Crippen LogP contribution in [0.15, 0.2) is 53.4 Å². The number of amides is 2. The van der Waals surface area contributed by atoms with Gasteiger partial charge in [-0.2, -0.15) is 0 Å². The largest absolute Gasteiger partial charge is 0.337 e. The number of hydrogen-bond donors (Lipinski definition) is 0. The number of sulfonamides is 1. The number of likely N-dealkylation sites (N-methyl/N-ethyl adjacent to an activating group) is 1. The van der Waals surface area contributed by atoms with Crippen LogP contribution < -0.4 is 0 Å². The standard InChI is InChI=1S/C18H17FN2O4S/c1-2-20(11-13-6-5-7-14(19)10-13)17(22)12-21-18(23)15-8-3-4-9-16(15)26(21,24)25/h3-10H,2,11-12H2,1H3. The van der Waals surface area contributed by atoms with Crippen LogP contribution in [0, 0.1) is 5.82 Å². The van der Waals surface area contributed by atoms with Crippen LogP contribution in [0.3, 0.4) is 0 Å². The predicted octanol–water partition coefficient (Wildman–Crippen LogP) is 2.02. The minimum Gasteiger partial charge on any atom is -0.337 e. The average molecular weight is 376 g/mol. The summed E-state index contributed by atoms with van der Waals surface area (Å²) in [4.78, 5) is 26.2. The quantitative estimate of drug-likeness (QED) is 0.800. The summed E-state index contributed by atoms with van der Waals surface area (Å²) in [5.41, 5.74) is 0.646. The Morgan fingerprint density at radius 1 is 1.15 bits per heavy atom. The van der Waals surface area contributed by atoms with Crippen LogP contribution in [0.25, 0.3) is 0 Å². The number of halogens is 1. The molecule has 0 unspecified atom stereocenters. The minimum atomic E-state index is -4.04. The van der Waals surface area contributed by atoms with E-state index in [1.165, 1.54) is 41.3 Å². The number of rotatable bonds is 5. The van der Waals surface area contributed by atoms with Gasteiger partial charge in [0, 0.05) is 13.1 Å². The molecule has 2 aromatic carbocycles. The van der Waals surface area contributed by atoms with Crippen molar-refractivity contribution in [3.05, 3.63) is 65.5 Å². The third-order valence-electron chi connectivity index (χ3n) is 4.19. The molecular formula is C18H17FN2O4S. The molecule has 136 valence electrons. The number of benzene rings is 2. The van der Waals surface area contributed by atoms with Crippen LogP contribution in [0.4, 0.5) is 4.39 Å². The van der Waals surface area contributed by atoms with Gasteiger partial charge in [-0.1, -0.05) is 24.3 Å². The second kappa shape index (κ2) is 6.87. The van der Waals surface area contributed by atoms with Crippen LogP contribution in [0.2, 0.25) is 0 Å². The Balaban J connectivity index is 1.80. The average Bonchev–Trinajstić information content (AvgIpc) is 2.81. The second-order valence-electron chi connectivity index (χ2n) is 5.85. The van der Waals surface area contributed by atoms with E-state index < -0.39 is 34.2 Å². The molecule has 0 atom stereocenters. The van der Waals surface area contributed by atoms with Gasteiger partial charge in [0.15, 0.2) is 0 Å². The van der Waals surface area contributed by atoms with E-state index in [4.69, 9.17) is 0 Å². The summed E-state index contributed by atoms with van der Waals surface area (Å²) in [5.74, 6) is -1.66. The van der Waals surface area contributed by atoms with Crippen molar-refractivity contribution in [3.63, 3.8) is 0 Å². The van der Waals surface area contributed by atoms with Crippen LogP contribution in [0.5, 0.6) is 0 Å². The third-order valence-corrected chi connectivity index (χ3v) is 5.97. The third kappa shape index (κ3) is 3.20. The molecule has 6 nitrogen and oxygen atoms in total. The molecule has 0 N–H and O–H groups in total. The van der Waals surface area contributed by atoms with Gasteiger partial charge in [0.05, 0.1) is 5.56 Å². The van der Waals surface area contributed by atoms with Crippen LogP contribution in [-0.4, -0.2) is 42.5 Å². The van der Waals surface area contributed by atoms with Crippen LogP contribution >= 0.6 is 0 Å². The molecule has 3 rings (SSSR count). The summed E-state index contributed by atoms with van der Waals surface area (Å²) >= 11 is 0. The van der Waals surface area contributed by atoms with Crippen molar-refractivity contribution < 1.29 is 22.4 Å². The fourth-order valence-electron chi connectivity index (χ4n) is 2.84. The summed E-state index contributed by atoms with van der Waals surface area (Å²) in [5, 5.41) is 0. The Morgan fingerprint density at radius 2 is 1.88 bits per heavy atom. The van der Waals surface area contributed by atoms with E-state index in [0.29, 0.717) is 16.4 Å². The molecule has 0 bridgehead atoms. The maximum atomic E-state index is 13.3. The van der Waals surface area contributed by atoms with E-state index in [-0.39, 0.29) is 17.0 Å². The second-order valence-corrected chi connectivity index (χ2v) is 7.68. The van der Waals surface area contributed by atoms with E-state index in [9.17, 15) is 22.4 Å². The molecule has 1 aliphatic heterocycles. The highest BCUT2D eigenvalue weighted by Crippen LogP contribution is 2.29. The van der Waals surface area contributed by atoms with Gasteiger partial charge in [0.1, 0.15) is 17.3 Å². The summed E-state index contributed by atoms with van der Waals surface area (Å²) in [6.07, 6.45) is 0. The van der Waals surface area contributed by atoms with Gasteiger partial charge >= 0.3 is 0 Å². The zero-order valence-electron chi connectivity index (χ0n) is 14.1. The lowest BCUT2D eigenvalue weighted by atomic mass is 10.2. The van der Waals surface area contributed by atoms with Crippen molar-refractivity contribution in [1.82, 2.24) is 9.21 Å². The molecule has 1 aliphatic rings. The van der Waals surface area contributed by atoms with Crippen molar-refractivity contribution in [2.45, 2.75) is 18.4 Å². The maximum absolute atomic E-state index is 13.3. The lowest BCUT2D eigenvalue weighted by molar-refractivity contribution is -0.131. The molecular weight excluding hydrogens is 359 g/mol. The van der Waals surface area contributed by atoms with E-state index in [2.05, 4.69) is 0 Å². The SMILES string of the molecule is CCN(Cc1cccc(F)c1)C(=O)CN1C(=O)c2ccccc2S1(=O)=O. The monoisotopic (exact) mass is 376 g/mol. The Labute approximate surface area is 150 Å². The van der Waals surface area contributed by atoms with E-state index >= 15 is 0 Å². The summed E-state index contributed by atoms with van der Waals surface area (Å²) in [6.45, 7) is 1.57. The predicted molar refractivity (Wildman–Crippen MR) is 92.2 cm³/mol. The van der Waals surface area contributed by atoms with Crippen LogP contribution in [0.1, 0.15) is 22.8 Å². The van der Waals surface area contributed by atoms with Gasteiger partial charge in [-0.3, -0.25) is 9.59 Å². The van der Waals surface area contributed by atoms with Crippen molar-refractivity contribution in [3.8, 4) is 0 Å². The number of carbonyl (C=O) groups excluding carboxylic acids is 2. The number of carbonyl (C=O) groups is 2.